The predicted molar refractivity (Wildman–Crippen MR) is 81.5 cm³/mol. The van der Waals surface area contributed by atoms with Crippen molar-refractivity contribution in [3.05, 3.63) is 60.6 Å². The second-order valence-corrected chi connectivity index (χ2v) is 4.97. The number of hydrogen-bond donors (Lipinski definition) is 1. The Morgan fingerprint density at radius 3 is 3.09 bits per heavy atom. The molecule has 0 aliphatic rings. The van der Waals surface area contributed by atoms with Gasteiger partial charge in [-0.3, -0.25) is 4.79 Å². The zero-order valence-corrected chi connectivity index (χ0v) is 11.6. The molecule has 3 heterocycles. The topological polar surface area (TPSA) is 72.4 Å². The van der Waals surface area contributed by atoms with Crippen LogP contribution in [0.2, 0.25) is 0 Å². The Hall–Kier alpha value is -3.15. The molecule has 1 aromatic carbocycles. The standard InChI is InChI=1S/C16H12N4O2/c21-16(10-14-13-3-1-2-4-15(13)22-19-14)18-11-6-8-20-12(9-11)5-7-17-20/h1-9H,10H2,(H,18,21). The van der Waals surface area contributed by atoms with E-state index in [4.69, 9.17) is 4.52 Å². The lowest BCUT2D eigenvalue weighted by Gasteiger charge is -2.04. The van der Waals surface area contributed by atoms with Gasteiger partial charge in [0.15, 0.2) is 5.58 Å². The molecule has 0 saturated heterocycles. The molecule has 0 radical (unpaired) electrons. The van der Waals surface area contributed by atoms with Crippen LogP contribution in [0, 0.1) is 0 Å². The molecule has 0 spiro atoms. The molecule has 0 aliphatic carbocycles. The van der Waals surface area contributed by atoms with Gasteiger partial charge in [-0.25, -0.2) is 4.52 Å². The fourth-order valence-electron chi connectivity index (χ4n) is 2.42. The van der Waals surface area contributed by atoms with Crippen LogP contribution in [0.15, 0.2) is 59.4 Å². The third-order valence-electron chi connectivity index (χ3n) is 3.46. The molecule has 0 atom stereocenters. The Labute approximate surface area is 125 Å². The summed E-state index contributed by atoms with van der Waals surface area (Å²) in [7, 11) is 0. The normalized spacial score (nSPS) is 11.1. The van der Waals surface area contributed by atoms with Crippen molar-refractivity contribution < 1.29 is 9.32 Å². The summed E-state index contributed by atoms with van der Waals surface area (Å²) >= 11 is 0. The maximum atomic E-state index is 12.2. The molecule has 0 saturated carbocycles. The quantitative estimate of drug-likeness (QED) is 0.630. The minimum absolute atomic E-state index is 0.136. The van der Waals surface area contributed by atoms with E-state index in [-0.39, 0.29) is 12.3 Å². The predicted octanol–water partition coefficient (Wildman–Crippen LogP) is 2.66. The lowest BCUT2D eigenvalue weighted by molar-refractivity contribution is -0.115. The number of carbonyl (C=O) groups is 1. The third-order valence-corrected chi connectivity index (χ3v) is 3.46. The van der Waals surface area contributed by atoms with Gasteiger partial charge in [0, 0.05) is 23.5 Å². The van der Waals surface area contributed by atoms with Crippen molar-refractivity contribution in [2.75, 3.05) is 5.32 Å². The number of aromatic nitrogens is 3. The lowest BCUT2D eigenvalue weighted by Crippen LogP contribution is -2.14. The largest absolute Gasteiger partial charge is 0.356 e. The molecule has 22 heavy (non-hydrogen) atoms. The highest BCUT2D eigenvalue weighted by Crippen LogP contribution is 2.19. The summed E-state index contributed by atoms with van der Waals surface area (Å²) in [6, 6.07) is 13.0. The van der Waals surface area contributed by atoms with Crippen molar-refractivity contribution in [3.63, 3.8) is 0 Å². The van der Waals surface area contributed by atoms with E-state index in [9.17, 15) is 4.79 Å². The van der Waals surface area contributed by atoms with E-state index < -0.39 is 0 Å². The van der Waals surface area contributed by atoms with Gasteiger partial charge in [0.25, 0.3) is 0 Å². The van der Waals surface area contributed by atoms with E-state index >= 15 is 0 Å². The number of nitrogens with zero attached hydrogens (tertiary/aromatic N) is 3. The van der Waals surface area contributed by atoms with Gasteiger partial charge in [-0.15, -0.1) is 0 Å². The summed E-state index contributed by atoms with van der Waals surface area (Å²) in [5, 5.41) is 11.8. The molecule has 3 aromatic heterocycles. The van der Waals surface area contributed by atoms with E-state index in [0.29, 0.717) is 11.3 Å². The van der Waals surface area contributed by atoms with E-state index in [1.807, 2.05) is 36.4 Å². The number of fused-ring (bicyclic) bond motifs is 2. The summed E-state index contributed by atoms with van der Waals surface area (Å²) in [6.45, 7) is 0. The molecule has 0 aliphatic heterocycles. The Morgan fingerprint density at radius 1 is 1.23 bits per heavy atom. The highest BCUT2D eigenvalue weighted by atomic mass is 16.5. The number of hydrogen-bond acceptors (Lipinski definition) is 4. The average molecular weight is 292 g/mol. The zero-order chi connectivity index (χ0) is 14.9. The van der Waals surface area contributed by atoms with Crippen LogP contribution in [-0.2, 0) is 11.2 Å². The Kier molecular flexibility index (Phi) is 2.86. The van der Waals surface area contributed by atoms with E-state index in [2.05, 4.69) is 15.6 Å². The van der Waals surface area contributed by atoms with Crippen LogP contribution < -0.4 is 5.32 Å². The average Bonchev–Trinajstić information content (AvgIpc) is 3.14. The van der Waals surface area contributed by atoms with Crippen molar-refractivity contribution in [2.24, 2.45) is 0 Å². The maximum Gasteiger partial charge on any atom is 0.230 e. The number of anilines is 1. The minimum atomic E-state index is -0.136. The summed E-state index contributed by atoms with van der Waals surface area (Å²) in [4.78, 5) is 12.2. The highest BCUT2D eigenvalue weighted by Gasteiger charge is 2.12. The van der Waals surface area contributed by atoms with Gasteiger partial charge in [-0.2, -0.15) is 5.10 Å². The molecule has 4 aromatic rings. The first-order valence-corrected chi connectivity index (χ1v) is 6.86. The fraction of sp³-hybridized carbons (Fsp3) is 0.0625. The Balaban J connectivity index is 1.54. The summed E-state index contributed by atoms with van der Waals surface area (Å²) in [5.41, 5.74) is 2.97. The smallest absolute Gasteiger partial charge is 0.230 e. The van der Waals surface area contributed by atoms with Crippen LogP contribution >= 0.6 is 0 Å². The van der Waals surface area contributed by atoms with Gasteiger partial charge >= 0.3 is 0 Å². The number of amides is 1. The Morgan fingerprint density at radius 2 is 2.14 bits per heavy atom. The van der Waals surface area contributed by atoms with Crippen LogP contribution in [-0.4, -0.2) is 20.7 Å². The van der Waals surface area contributed by atoms with Gasteiger partial charge in [-0.1, -0.05) is 17.3 Å². The molecule has 6 nitrogen and oxygen atoms in total. The number of rotatable bonds is 3. The molecule has 0 bridgehead atoms. The van der Waals surface area contributed by atoms with Crippen LogP contribution in [0.1, 0.15) is 5.69 Å². The SMILES string of the molecule is O=C(Cc1noc2ccccc12)Nc1ccn2nccc2c1. The van der Waals surface area contributed by atoms with Gasteiger partial charge < -0.3 is 9.84 Å². The molecule has 1 amide bonds. The number of para-hydroxylation sites is 1. The van der Waals surface area contributed by atoms with Crippen LogP contribution in [0.4, 0.5) is 5.69 Å². The Bertz CT molecular complexity index is 970. The molecule has 0 fully saturated rings. The number of benzene rings is 1. The van der Waals surface area contributed by atoms with E-state index in [1.54, 1.807) is 23.0 Å². The number of pyridine rings is 1. The number of nitrogens with one attached hydrogen (secondary N) is 1. The van der Waals surface area contributed by atoms with Crippen molar-refractivity contribution in [3.8, 4) is 0 Å². The second-order valence-electron chi connectivity index (χ2n) is 4.97. The molecular weight excluding hydrogens is 280 g/mol. The summed E-state index contributed by atoms with van der Waals surface area (Å²) < 4.78 is 6.94. The molecular formula is C16H12N4O2. The summed E-state index contributed by atoms with van der Waals surface area (Å²) in [6.07, 6.45) is 3.68. The van der Waals surface area contributed by atoms with Crippen molar-refractivity contribution in [1.29, 1.82) is 0 Å². The second kappa shape index (κ2) is 5.00. The molecule has 1 N–H and O–H groups in total. The van der Waals surface area contributed by atoms with E-state index in [0.717, 1.165) is 16.6 Å². The van der Waals surface area contributed by atoms with Crippen LogP contribution in [0.25, 0.3) is 16.5 Å². The molecule has 6 heteroatoms. The monoisotopic (exact) mass is 292 g/mol. The van der Waals surface area contributed by atoms with Crippen LogP contribution in [0.3, 0.4) is 0 Å². The maximum absolute atomic E-state index is 12.2. The highest BCUT2D eigenvalue weighted by molar-refractivity contribution is 5.95. The molecule has 108 valence electrons. The zero-order valence-electron chi connectivity index (χ0n) is 11.6. The van der Waals surface area contributed by atoms with Gasteiger partial charge in [-0.05, 0) is 30.3 Å². The lowest BCUT2D eigenvalue weighted by atomic mass is 10.1. The molecule has 0 unspecified atom stereocenters. The fourth-order valence-corrected chi connectivity index (χ4v) is 2.42. The first-order valence-electron chi connectivity index (χ1n) is 6.86. The van der Waals surface area contributed by atoms with Crippen molar-refractivity contribution in [1.82, 2.24) is 14.8 Å². The van der Waals surface area contributed by atoms with Gasteiger partial charge in [0.2, 0.25) is 5.91 Å². The van der Waals surface area contributed by atoms with Crippen LogP contribution in [0.5, 0.6) is 0 Å². The molecule has 4 rings (SSSR count). The minimum Gasteiger partial charge on any atom is -0.356 e. The third kappa shape index (κ3) is 2.20. The first kappa shape index (κ1) is 12.6. The van der Waals surface area contributed by atoms with E-state index in [1.165, 1.54) is 0 Å². The van der Waals surface area contributed by atoms with Gasteiger partial charge in [0.1, 0.15) is 5.69 Å². The first-order chi connectivity index (χ1) is 10.8. The summed E-state index contributed by atoms with van der Waals surface area (Å²) in [5.74, 6) is -0.136. The van der Waals surface area contributed by atoms with Crippen molar-refractivity contribution in [2.45, 2.75) is 6.42 Å². The van der Waals surface area contributed by atoms with Gasteiger partial charge in [0.05, 0.1) is 11.9 Å². The number of carbonyl (C=O) groups excluding carboxylic acids is 1. The van der Waals surface area contributed by atoms with Crippen molar-refractivity contribution >= 4 is 28.1 Å².